The second-order valence-corrected chi connectivity index (χ2v) is 9.21. The molecule has 1 N–H and O–H groups in total. The first kappa shape index (κ1) is 20.0. The molecule has 1 amide bonds. The second-order valence-electron chi connectivity index (χ2n) is 6.98. The summed E-state index contributed by atoms with van der Waals surface area (Å²) in [6, 6.07) is 5.81. The van der Waals surface area contributed by atoms with Crippen molar-refractivity contribution < 1.29 is 22.7 Å². The van der Waals surface area contributed by atoms with Gasteiger partial charge in [0.1, 0.15) is 0 Å². The van der Waals surface area contributed by atoms with Crippen molar-refractivity contribution in [3.8, 4) is 0 Å². The van der Waals surface area contributed by atoms with E-state index in [-0.39, 0.29) is 28.8 Å². The van der Waals surface area contributed by atoms with Crippen LogP contribution >= 0.6 is 0 Å². The number of nitrogens with zero attached hydrogens (tertiary/aromatic N) is 2. The standard InChI is InChI=1S/C18H21N3O6S/c1-11(2)21-17(23)14-6-4-3-5-13(14)16(20-21)18(24)27-9-15(22)19-12-7-8-28(25,26)10-12/h3-6,11-12H,7-10H2,1-2H3,(H,19,22)/t12-/m0/s1. The Morgan fingerprint density at radius 3 is 2.57 bits per heavy atom. The number of rotatable bonds is 5. The Labute approximate surface area is 161 Å². The Balaban J connectivity index is 1.76. The molecule has 1 saturated heterocycles. The van der Waals surface area contributed by atoms with E-state index < -0.39 is 34.4 Å². The highest BCUT2D eigenvalue weighted by molar-refractivity contribution is 7.91. The topological polar surface area (TPSA) is 124 Å². The fraction of sp³-hybridized carbons (Fsp3) is 0.444. The van der Waals surface area contributed by atoms with Crippen LogP contribution in [0.25, 0.3) is 10.8 Å². The van der Waals surface area contributed by atoms with Crippen molar-refractivity contribution in [2.45, 2.75) is 32.4 Å². The summed E-state index contributed by atoms with van der Waals surface area (Å²) in [4.78, 5) is 37.0. The molecule has 2 heterocycles. The molecule has 28 heavy (non-hydrogen) atoms. The summed E-state index contributed by atoms with van der Waals surface area (Å²) in [5.74, 6) is -1.50. The van der Waals surface area contributed by atoms with E-state index in [1.54, 1.807) is 38.1 Å². The van der Waals surface area contributed by atoms with Gasteiger partial charge in [0, 0.05) is 11.4 Å². The minimum atomic E-state index is -3.12. The maximum Gasteiger partial charge on any atom is 0.359 e. The molecule has 0 aliphatic carbocycles. The van der Waals surface area contributed by atoms with E-state index in [2.05, 4.69) is 10.4 Å². The van der Waals surface area contributed by atoms with Crippen LogP contribution in [-0.4, -0.2) is 54.2 Å². The molecule has 0 saturated carbocycles. The van der Waals surface area contributed by atoms with Crippen molar-refractivity contribution in [3.63, 3.8) is 0 Å². The fourth-order valence-electron chi connectivity index (χ4n) is 3.08. The fourth-order valence-corrected chi connectivity index (χ4v) is 4.76. The summed E-state index contributed by atoms with van der Waals surface area (Å²) in [6.45, 7) is 2.97. The van der Waals surface area contributed by atoms with Crippen molar-refractivity contribution >= 4 is 32.5 Å². The third-order valence-electron chi connectivity index (χ3n) is 4.44. The van der Waals surface area contributed by atoms with E-state index in [0.29, 0.717) is 17.2 Å². The van der Waals surface area contributed by atoms with E-state index in [1.165, 1.54) is 4.68 Å². The largest absolute Gasteiger partial charge is 0.451 e. The molecule has 0 radical (unpaired) electrons. The van der Waals surface area contributed by atoms with Crippen molar-refractivity contribution in [1.82, 2.24) is 15.1 Å². The number of sulfone groups is 1. The summed E-state index contributed by atoms with van der Waals surface area (Å²) < 4.78 is 29.1. The van der Waals surface area contributed by atoms with Gasteiger partial charge in [-0.15, -0.1) is 0 Å². The second kappa shape index (κ2) is 7.70. The number of ether oxygens (including phenoxy) is 1. The highest BCUT2D eigenvalue weighted by Crippen LogP contribution is 2.16. The molecule has 1 aromatic heterocycles. The van der Waals surface area contributed by atoms with Gasteiger partial charge in [-0.05, 0) is 26.3 Å². The van der Waals surface area contributed by atoms with Crippen LogP contribution in [0.4, 0.5) is 0 Å². The minimum absolute atomic E-state index is 0.0321. The number of nitrogens with one attached hydrogen (secondary N) is 1. The van der Waals surface area contributed by atoms with E-state index in [9.17, 15) is 22.8 Å². The quantitative estimate of drug-likeness (QED) is 0.713. The van der Waals surface area contributed by atoms with Crippen molar-refractivity contribution in [2.75, 3.05) is 18.1 Å². The van der Waals surface area contributed by atoms with Crippen molar-refractivity contribution in [2.24, 2.45) is 0 Å². The Morgan fingerprint density at radius 2 is 1.96 bits per heavy atom. The smallest absolute Gasteiger partial charge is 0.359 e. The summed E-state index contributed by atoms with van der Waals surface area (Å²) in [7, 11) is -3.12. The minimum Gasteiger partial charge on any atom is -0.451 e. The monoisotopic (exact) mass is 407 g/mol. The van der Waals surface area contributed by atoms with Gasteiger partial charge in [0.05, 0.1) is 22.9 Å². The van der Waals surface area contributed by atoms with Crippen LogP contribution in [0.3, 0.4) is 0 Å². The molecule has 1 aliphatic rings. The molecule has 1 aromatic carbocycles. The van der Waals surface area contributed by atoms with Gasteiger partial charge >= 0.3 is 5.97 Å². The van der Waals surface area contributed by atoms with Gasteiger partial charge in [-0.1, -0.05) is 18.2 Å². The molecular formula is C18H21N3O6S. The molecule has 150 valence electrons. The predicted molar refractivity (Wildman–Crippen MR) is 102 cm³/mol. The predicted octanol–water partition coefficient (Wildman–Crippen LogP) is 0.438. The number of carbonyl (C=O) groups excluding carboxylic acids is 2. The summed E-state index contributed by atoms with van der Waals surface area (Å²) in [5.41, 5.74) is -0.373. The van der Waals surface area contributed by atoms with Gasteiger partial charge in [0.25, 0.3) is 11.5 Å². The maximum atomic E-state index is 12.5. The van der Waals surface area contributed by atoms with E-state index in [0.717, 1.165) is 0 Å². The first-order valence-electron chi connectivity index (χ1n) is 8.86. The number of benzene rings is 1. The zero-order valence-electron chi connectivity index (χ0n) is 15.5. The molecule has 10 heteroatoms. The van der Waals surface area contributed by atoms with Crippen LogP contribution in [0.15, 0.2) is 29.1 Å². The van der Waals surface area contributed by atoms with E-state index in [1.807, 2.05) is 0 Å². The van der Waals surface area contributed by atoms with Crippen LogP contribution in [0.2, 0.25) is 0 Å². The average Bonchev–Trinajstić information content (AvgIpc) is 2.98. The number of amides is 1. The summed E-state index contributed by atoms with van der Waals surface area (Å²) in [6.07, 6.45) is 0.341. The summed E-state index contributed by atoms with van der Waals surface area (Å²) in [5, 5.41) is 7.34. The van der Waals surface area contributed by atoms with Crippen molar-refractivity contribution in [1.29, 1.82) is 0 Å². The van der Waals surface area contributed by atoms with E-state index in [4.69, 9.17) is 4.74 Å². The van der Waals surface area contributed by atoms with E-state index >= 15 is 0 Å². The molecule has 1 atom stereocenters. The highest BCUT2D eigenvalue weighted by atomic mass is 32.2. The van der Waals surface area contributed by atoms with Crippen molar-refractivity contribution in [3.05, 3.63) is 40.3 Å². The lowest BCUT2D eigenvalue weighted by molar-refractivity contribution is -0.124. The number of fused-ring (bicyclic) bond motifs is 1. The molecule has 0 spiro atoms. The molecule has 0 unspecified atom stereocenters. The normalized spacial score (nSPS) is 18.3. The highest BCUT2D eigenvalue weighted by Gasteiger charge is 2.29. The Morgan fingerprint density at radius 1 is 1.29 bits per heavy atom. The number of aromatic nitrogens is 2. The third-order valence-corrected chi connectivity index (χ3v) is 6.21. The molecule has 3 rings (SSSR count). The number of hydrogen-bond acceptors (Lipinski definition) is 7. The molecule has 2 aromatic rings. The lowest BCUT2D eigenvalue weighted by Gasteiger charge is -2.14. The van der Waals surface area contributed by atoms with Gasteiger partial charge in [0.2, 0.25) is 0 Å². The number of esters is 1. The van der Waals surface area contributed by atoms with Crippen LogP contribution in [0.1, 0.15) is 36.8 Å². The van der Waals surface area contributed by atoms with Gasteiger partial charge < -0.3 is 10.1 Å². The molecule has 0 bridgehead atoms. The Hall–Kier alpha value is -2.75. The molecule has 1 fully saturated rings. The third kappa shape index (κ3) is 4.22. The first-order chi connectivity index (χ1) is 13.2. The zero-order chi connectivity index (χ0) is 20.5. The number of hydrogen-bond donors (Lipinski definition) is 1. The van der Waals surface area contributed by atoms with Crippen LogP contribution < -0.4 is 10.9 Å². The van der Waals surface area contributed by atoms with Crippen LogP contribution in [-0.2, 0) is 19.4 Å². The molecule has 1 aliphatic heterocycles. The number of carbonyl (C=O) groups is 2. The Bertz CT molecular complexity index is 1090. The SMILES string of the molecule is CC(C)n1nc(C(=O)OCC(=O)N[C@H]2CCS(=O)(=O)C2)c2ccccc2c1=O. The lowest BCUT2D eigenvalue weighted by atomic mass is 10.1. The zero-order valence-corrected chi connectivity index (χ0v) is 16.4. The first-order valence-corrected chi connectivity index (χ1v) is 10.7. The van der Waals surface area contributed by atoms with Crippen LogP contribution in [0, 0.1) is 0 Å². The van der Waals surface area contributed by atoms with Gasteiger partial charge in [0.15, 0.2) is 22.1 Å². The average molecular weight is 407 g/mol. The van der Waals surface area contributed by atoms with Gasteiger partial charge in [-0.25, -0.2) is 17.9 Å². The van der Waals surface area contributed by atoms with Gasteiger partial charge in [-0.2, -0.15) is 5.10 Å². The lowest BCUT2D eigenvalue weighted by Crippen LogP contribution is -2.38. The van der Waals surface area contributed by atoms with Crippen LogP contribution in [0.5, 0.6) is 0 Å². The maximum absolute atomic E-state index is 12.5. The Kier molecular flexibility index (Phi) is 5.50. The van der Waals surface area contributed by atoms with Gasteiger partial charge in [-0.3, -0.25) is 9.59 Å². The molecule has 9 nitrogen and oxygen atoms in total. The molecular weight excluding hydrogens is 386 g/mol. The summed E-state index contributed by atoms with van der Waals surface area (Å²) >= 11 is 0.